The van der Waals surface area contributed by atoms with Gasteiger partial charge in [-0.3, -0.25) is 4.79 Å². The monoisotopic (exact) mass is 271 g/mol. The van der Waals surface area contributed by atoms with Gasteiger partial charge in [-0.15, -0.1) is 0 Å². The minimum Gasteiger partial charge on any atom is -0.353 e. The van der Waals surface area contributed by atoms with Crippen LogP contribution in [-0.4, -0.2) is 18.5 Å². The van der Waals surface area contributed by atoms with E-state index in [0.717, 1.165) is 31.4 Å². The van der Waals surface area contributed by atoms with Crippen molar-refractivity contribution in [2.75, 3.05) is 6.54 Å². The van der Waals surface area contributed by atoms with Gasteiger partial charge in [0.25, 0.3) is 0 Å². The summed E-state index contributed by atoms with van der Waals surface area (Å²) in [7, 11) is 0. The molecule has 4 heteroatoms. The van der Waals surface area contributed by atoms with Gasteiger partial charge >= 0.3 is 0 Å². The van der Waals surface area contributed by atoms with Gasteiger partial charge in [-0.05, 0) is 50.4 Å². The van der Waals surface area contributed by atoms with Crippen LogP contribution in [0.1, 0.15) is 49.8 Å². The first-order valence-corrected chi connectivity index (χ1v) is 7.22. The van der Waals surface area contributed by atoms with Crippen molar-refractivity contribution in [3.05, 3.63) is 35.4 Å². The molecule has 106 valence electrons. The molecular formula is C16H21N3O. The Hall–Kier alpha value is -1.86. The molecule has 0 radical (unpaired) electrons. The average molecular weight is 271 g/mol. The van der Waals surface area contributed by atoms with E-state index in [0.29, 0.717) is 18.0 Å². The van der Waals surface area contributed by atoms with Crippen molar-refractivity contribution in [3.8, 4) is 6.07 Å². The Morgan fingerprint density at radius 1 is 1.40 bits per heavy atom. The molecule has 1 amide bonds. The number of carbonyl (C=O) groups excluding carboxylic acids is 1. The maximum Gasteiger partial charge on any atom is 0.220 e. The van der Waals surface area contributed by atoms with E-state index >= 15 is 0 Å². The molecule has 1 unspecified atom stereocenters. The molecule has 0 aromatic heterocycles. The molecule has 4 nitrogen and oxygen atoms in total. The van der Waals surface area contributed by atoms with Crippen molar-refractivity contribution >= 4 is 5.91 Å². The molecule has 1 aliphatic carbocycles. The minimum absolute atomic E-state index is 0.167. The van der Waals surface area contributed by atoms with Crippen LogP contribution in [0.4, 0.5) is 0 Å². The lowest BCUT2D eigenvalue weighted by Gasteiger charge is -2.14. The van der Waals surface area contributed by atoms with Gasteiger partial charge < -0.3 is 10.6 Å². The van der Waals surface area contributed by atoms with Gasteiger partial charge in [0.2, 0.25) is 5.91 Å². The lowest BCUT2D eigenvalue weighted by Crippen LogP contribution is -2.27. The fourth-order valence-corrected chi connectivity index (χ4v) is 2.06. The molecule has 1 saturated carbocycles. The predicted molar refractivity (Wildman–Crippen MR) is 78.0 cm³/mol. The Morgan fingerprint density at radius 3 is 2.70 bits per heavy atom. The van der Waals surface area contributed by atoms with Crippen LogP contribution in [-0.2, 0) is 4.79 Å². The van der Waals surface area contributed by atoms with E-state index in [1.165, 1.54) is 0 Å². The largest absolute Gasteiger partial charge is 0.353 e. The highest BCUT2D eigenvalue weighted by atomic mass is 16.1. The maximum atomic E-state index is 11.5. The lowest BCUT2D eigenvalue weighted by atomic mass is 10.1. The third-order valence-electron chi connectivity index (χ3n) is 3.51. The molecule has 20 heavy (non-hydrogen) atoms. The van der Waals surface area contributed by atoms with E-state index in [1.54, 1.807) is 0 Å². The van der Waals surface area contributed by atoms with Crippen LogP contribution in [0.5, 0.6) is 0 Å². The number of hydrogen-bond acceptors (Lipinski definition) is 3. The fraction of sp³-hybridized carbons (Fsp3) is 0.500. The lowest BCUT2D eigenvalue weighted by molar-refractivity contribution is -0.121. The smallest absolute Gasteiger partial charge is 0.220 e. The number of amides is 1. The summed E-state index contributed by atoms with van der Waals surface area (Å²) in [4.78, 5) is 11.5. The third kappa shape index (κ3) is 4.67. The summed E-state index contributed by atoms with van der Waals surface area (Å²) in [6.07, 6.45) is 3.71. The maximum absolute atomic E-state index is 11.5. The molecule has 2 N–H and O–H groups in total. The molecule has 1 aromatic rings. The molecule has 1 fully saturated rings. The first kappa shape index (κ1) is 14.5. The van der Waals surface area contributed by atoms with Crippen molar-refractivity contribution in [2.45, 2.75) is 44.7 Å². The summed E-state index contributed by atoms with van der Waals surface area (Å²) in [6.45, 7) is 2.91. The van der Waals surface area contributed by atoms with Crippen molar-refractivity contribution < 1.29 is 4.79 Å². The number of benzene rings is 1. The molecule has 1 atom stereocenters. The molecule has 0 aliphatic heterocycles. The van der Waals surface area contributed by atoms with Gasteiger partial charge in [-0.25, -0.2) is 0 Å². The van der Waals surface area contributed by atoms with Crippen LogP contribution in [0.3, 0.4) is 0 Å². The van der Waals surface area contributed by atoms with Gasteiger partial charge in [0.15, 0.2) is 0 Å². The summed E-state index contributed by atoms with van der Waals surface area (Å²) < 4.78 is 0. The van der Waals surface area contributed by atoms with E-state index in [2.05, 4.69) is 23.6 Å². The standard InChI is InChI=1S/C16H21N3O/c1-12(14-6-4-13(11-17)5-7-14)18-10-2-3-16(20)19-15-8-9-15/h4-7,12,15,18H,2-3,8-10H2,1H3,(H,19,20). The highest BCUT2D eigenvalue weighted by molar-refractivity contribution is 5.76. The van der Waals surface area contributed by atoms with Crippen LogP contribution in [0.2, 0.25) is 0 Å². The predicted octanol–water partition coefficient (Wildman–Crippen LogP) is 2.27. The van der Waals surface area contributed by atoms with Gasteiger partial charge in [0, 0.05) is 18.5 Å². The van der Waals surface area contributed by atoms with Crippen molar-refractivity contribution in [2.24, 2.45) is 0 Å². The Kier molecular flexibility index (Phi) is 5.14. The second-order valence-electron chi connectivity index (χ2n) is 5.35. The number of nitrogens with one attached hydrogen (secondary N) is 2. The SMILES string of the molecule is CC(NCCCC(=O)NC1CC1)c1ccc(C#N)cc1. The summed E-state index contributed by atoms with van der Waals surface area (Å²) in [6, 6.07) is 10.4. The molecule has 2 rings (SSSR count). The zero-order valence-electron chi connectivity index (χ0n) is 11.9. The Labute approximate surface area is 120 Å². The molecule has 0 spiro atoms. The van der Waals surface area contributed by atoms with Crippen LogP contribution in [0.25, 0.3) is 0 Å². The average Bonchev–Trinajstić information content (AvgIpc) is 3.27. The summed E-state index contributed by atoms with van der Waals surface area (Å²) in [5.74, 6) is 0.167. The second kappa shape index (κ2) is 7.06. The van der Waals surface area contributed by atoms with Crippen LogP contribution in [0.15, 0.2) is 24.3 Å². The number of hydrogen-bond donors (Lipinski definition) is 2. The zero-order valence-corrected chi connectivity index (χ0v) is 11.9. The van der Waals surface area contributed by atoms with Crippen LogP contribution in [0, 0.1) is 11.3 Å². The number of rotatable bonds is 7. The summed E-state index contributed by atoms with van der Waals surface area (Å²) >= 11 is 0. The highest BCUT2D eigenvalue weighted by Gasteiger charge is 2.22. The quantitative estimate of drug-likeness (QED) is 0.748. The van der Waals surface area contributed by atoms with Crippen LogP contribution < -0.4 is 10.6 Å². The van der Waals surface area contributed by atoms with E-state index in [4.69, 9.17) is 5.26 Å². The Balaban J connectivity index is 1.64. The van der Waals surface area contributed by atoms with Gasteiger partial charge in [-0.1, -0.05) is 12.1 Å². The summed E-state index contributed by atoms with van der Waals surface area (Å²) in [5, 5.41) is 15.1. The van der Waals surface area contributed by atoms with Crippen molar-refractivity contribution in [3.63, 3.8) is 0 Å². The third-order valence-corrected chi connectivity index (χ3v) is 3.51. The van der Waals surface area contributed by atoms with Crippen molar-refractivity contribution in [1.29, 1.82) is 5.26 Å². The fourth-order valence-electron chi connectivity index (χ4n) is 2.06. The molecule has 0 bridgehead atoms. The van der Waals surface area contributed by atoms with E-state index in [9.17, 15) is 4.79 Å². The van der Waals surface area contributed by atoms with Crippen LogP contribution >= 0.6 is 0 Å². The first-order chi connectivity index (χ1) is 9.69. The minimum atomic E-state index is 0.167. The number of nitriles is 1. The van der Waals surface area contributed by atoms with Crippen molar-refractivity contribution in [1.82, 2.24) is 10.6 Å². The van der Waals surface area contributed by atoms with Gasteiger partial charge in [0.05, 0.1) is 11.6 Å². The van der Waals surface area contributed by atoms with Gasteiger partial charge in [-0.2, -0.15) is 5.26 Å². The molecule has 1 aliphatic rings. The molecular weight excluding hydrogens is 250 g/mol. The van der Waals surface area contributed by atoms with Gasteiger partial charge in [0.1, 0.15) is 0 Å². The van der Waals surface area contributed by atoms with E-state index in [1.807, 2.05) is 24.3 Å². The Bertz CT molecular complexity index is 485. The first-order valence-electron chi connectivity index (χ1n) is 7.22. The number of carbonyl (C=O) groups is 1. The Morgan fingerprint density at radius 2 is 2.10 bits per heavy atom. The van der Waals surface area contributed by atoms with E-state index in [-0.39, 0.29) is 11.9 Å². The molecule has 0 saturated heterocycles. The topological polar surface area (TPSA) is 64.9 Å². The zero-order chi connectivity index (χ0) is 14.4. The molecule has 1 aromatic carbocycles. The normalized spacial score (nSPS) is 15.4. The number of nitrogens with zero attached hydrogens (tertiary/aromatic N) is 1. The highest BCUT2D eigenvalue weighted by Crippen LogP contribution is 2.18. The second-order valence-corrected chi connectivity index (χ2v) is 5.35. The van der Waals surface area contributed by atoms with E-state index < -0.39 is 0 Å². The molecule has 0 heterocycles. The summed E-state index contributed by atoms with van der Waals surface area (Å²) in [5.41, 5.74) is 1.84.